The maximum absolute atomic E-state index is 5.99. The van der Waals surface area contributed by atoms with E-state index < -0.39 is 0 Å². The zero-order valence-electron chi connectivity index (χ0n) is 10.7. The second-order valence-corrected chi connectivity index (χ2v) is 3.83. The molecular formula is C16H19NO. The monoisotopic (exact) mass is 241 g/mol. The second-order valence-electron chi connectivity index (χ2n) is 3.83. The van der Waals surface area contributed by atoms with E-state index in [1.165, 1.54) is 0 Å². The van der Waals surface area contributed by atoms with Crippen LogP contribution in [-0.2, 0) is 0 Å². The van der Waals surface area contributed by atoms with E-state index in [0.717, 1.165) is 17.7 Å². The van der Waals surface area contributed by atoms with Crippen LogP contribution in [0.4, 0.5) is 0 Å². The fraction of sp³-hybridized carbons (Fsp3) is 0.188. The number of ether oxygens (including phenoxy) is 1. The highest BCUT2D eigenvalue weighted by molar-refractivity contribution is 5.33. The first kappa shape index (κ1) is 14.0. The Morgan fingerprint density at radius 2 is 2.33 bits per heavy atom. The molecule has 94 valence electrons. The molecule has 0 aliphatic rings. The lowest BCUT2D eigenvalue weighted by Crippen LogP contribution is -2.08. The van der Waals surface area contributed by atoms with Crippen LogP contribution in [0.3, 0.4) is 0 Å². The highest BCUT2D eigenvalue weighted by atomic mass is 16.5. The van der Waals surface area contributed by atoms with Crippen LogP contribution in [0.5, 0.6) is 5.75 Å². The summed E-state index contributed by atoms with van der Waals surface area (Å²) in [4.78, 5) is 0. The van der Waals surface area contributed by atoms with E-state index >= 15 is 0 Å². The summed E-state index contributed by atoms with van der Waals surface area (Å²) in [5.41, 5.74) is 9.78. The third-order valence-electron chi connectivity index (χ3n) is 2.51. The molecular weight excluding hydrogens is 222 g/mol. The fourth-order valence-corrected chi connectivity index (χ4v) is 1.46. The Bertz CT molecular complexity index is 482. The number of hydrogen-bond donors (Lipinski definition) is 1. The number of hydrogen-bond acceptors (Lipinski definition) is 2. The number of nitrogens with two attached hydrogens (primary N) is 1. The molecule has 2 nitrogen and oxygen atoms in total. The summed E-state index contributed by atoms with van der Waals surface area (Å²) >= 11 is 0. The van der Waals surface area contributed by atoms with Gasteiger partial charge in [0.25, 0.3) is 0 Å². The lowest BCUT2D eigenvalue weighted by atomic mass is 10.1. The Kier molecular flexibility index (Phi) is 5.72. The summed E-state index contributed by atoms with van der Waals surface area (Å²) in [5, 5.41) is 0. The van der Waals surface area contributed by atoms with Crippen molar-refractivity contribution in [3.8, 4) is 5.75 Å². The molecule has 2 N–H and O–H groups in total. The molecule has 0 radical (unpaired) electrons. The van der Waals surface area contributed by atoms with Crippen molar-refractivity contribution < 1.29 is 4.74 Å². The minimum Gasteiger partial charge on any atom is -0.449 e. The molecule has 1 unspecified atom stereocenters. The molecule has 0 saturated carbocycles. The first-order chi connectivity index (χ1) is 8.71. The molecule has 0 aliphatic carbocycles. The largest absolute Gasteiger partial charge is 0.449 e. The molecule has 0 spiro atoms. The molecule has 0 saturated heterocycles. The van der Waals surface area contributed by atoms with E-state index in [4.69, 9.17) is 10.5 Å². The first-order valence-corrected chi connectivity index (χ1v) is 5.93. The maximum Gasteiger partial charge on any atom is 0.169 e. The molecule has 1 aromatic carbocycles. The standard InChI is InChI=1S/C16H19NO/c1-4-7-10-14(5-2)18-15-11-8-9-13(12-15)16(17)6-3/h4,7-12,16H,1-2,6,17H2,3H3/b10-7-. The van der Waals surface area contributed by atoms with Crippen LogP contribution < -0.4 is 10.5 Å². The summed E-state index contributed by atoms with van der Waals surface area (Å²) in [5.74, 6) is 1.29. The van der Waals surface area contributed by atoms with Gasteiger partial charge in [-0.15, -0.1) is 0 Å². The van der Waals surface area contributed by atoms with Gasteiger partial charge in [0.05, 0.1) is 0 Å². The quantitative estimate of drug-likeness (QED) is 0.466. The van der Waals surface area contributed by atoms with Crippen molar-refractivity contribution in [3.05, 3.63) is 72.7 Å². The highest BCUT2D eigenvalue weighted by Gasteiger charge is 2.04. The minimum atomic E-state index is 0.0356. The average molecular weight is 241 g/mol. The molecule has 1 atom stereocenters. The van der Waals surface area contributed by atoms with Crippen molar-refractivity contribution >= 4 is 0 Å². The van der Waals surface area contributed by atoms with Gasteiger partial charge in [-0.2, -0.15) is 0 Å². The molecule has 0 aromatic heterocycles. The van der Waals surface area contributed by atoms with Crippen LogP contribution in [0.15, 0.2) is 67.1 Å². The van der Waals surface area contributed by atoms with E-state index in [0.29, 0.717) is 5.76 Å². The van der Waals surface area contributed by atoms with Gasteiger partial charge < -0.3 is 10.5 Å². The minimum absolute atomic E-state index is 0.0356. The number of allylic oxidation sites excluding steroid dienone is 3. The van der Waals surface area contributed by atoms with E-state index in [-0.39, 0.29) is 6.04 Å². The van der Waals surface area contributed by atoms with Crippen molar-refractivity contribution in [1.82, 2.24) is 0 Å². The van der Waals surface area contributed by atoms with Gasteiger partial charge in [0.1, 0.15) is 5.75 Å². The predicted molar refractivity (Wildman–Crippen MR) is 76.3 cm³/mol. The van der Waals surface area contributed by atoms with Crippen LogP contribution in [0, 0.1) is 0 Å². The lowest BCUT2D eigenvalue weighted by molar-refractivity contribution is 0.444. The summed E-state index contributed by atoms with van der Waals surface area (Å²) in [6, 6.07) is 7.78. The second kappa shape index (κ2) is 7.33. The summed E-state index contributed by atoms with van der Waals surface area (Å²) in [6.07, 6.45) is 6.09. The van der Waals surface area contributed by atoms with E-state index in [1.807, 2.05) is 24.3 Å². The predicted octanol–water partition coefficient (Wildman–Crippen LogP) is 3.89. The first-order valence-electron chi connectivity index (χ1n) is 5.93. The Hall–Kier alpha value is -2.02. The van der Waals surface area contributed by atoms with Gasteiger partial charge in [-0.1, -0.05) is 50.1 Å². The average Bonchev–Trinajstić information content (AvgIpc) is 2.42. The van der Waals surface area contributed by atoms with Crippen LogP contribution in [0.25, 0.3) is 0 Å². The van der Waals surface area contributed by atoms with Crippen molar-refractivity contribution in [2.24, 2.45) is 5.73 Å². The third-order valence-corrected chi connectivity index (χ3v) is 2.51. The van der Waals surface area contributed by atoms with Crippen molar-refractivity contribution in [2.75, 3.05) is 0 Å². The zero-order chi connectivity index (χ0) is 13.4. The van der Waals surface area contributed by atoms with E-state index in [9.17, 15) is 0 Å². The molecule has 0 amide bonds. The molecule has 0 bridgehead atoms. The number of rotatable bonds is 6. The topological polar surface area (TPSA) is 35.2 Å². The van der Waals surface area contributed by atoms with E-state index in [1.54, 1.807) is 18.2 Å². The normalized spacial score (nSPS) is 11.9. The molecule has 1 aromatic rings. The van der Waals surface area contributed by atoms with Crippen LogP contribution in [0.1, 0.15) is 24.9 Å². The summed E-state index contributed by atoms with van der Waals surface area (Å²) in [7, 11) is 0. The number of benzene rings is 1. The van der Waals surface area contributed by atoms with Gasteiger partial charge in [-0.05, 0) is 30.2 Å². The van der Waals surface area contributed by atoms with Gasteiger partial charge in [0.15, 0.2) is 5.76 Å². The molecule has 1 rings (SSSR count). The van der Waals surface area contributed by atoms with Gasteiger partial charge in [0, 0.05) is 6.04 Å². The Balaban J connectivity index is 2.87. The van der Waals surface area contributed by atoms with Crippen molar-refractivity contribution in [1.29, 1.82) is 0 Å². The molecule has 0 aliphatic heterocycles. The fourth-order valence-electron chi connectivity index (χ4n) is 1.46. The van der Waals surface area contributed by atoms with Crippen molar-refractivity contribution in [3.63, 3.8) is 0 Å². The van der Waals surface area contributed by atoms with Gasteiger partial charge in [0.2, 0.25) is 0 Å². The highest BCUT2D eigenvalue weighted by Crippen LogP contribution is 2.21. The van der Waals surface area contributed by atoms with Crippen LogP contribution in [0.2, 0.25) is 0 Å². The molecule has 0 heterocycles. The third kappa shape index (κ3) is 4.10. The van der Waals surface area contributed by atoms with Gasteiger partial charge in [-0.25, -0.2) is 0 Å². The van der Waals surface area contributed by atoms with Gasteiger partial charge in [-0.3, -0.25) is 0 Å². The van der Waals surface area contributed by atoms with Gasteiger partial charge >= 0.3 is 0 Å². The van der Waals surface area contributed by atoms with Crippen LogP contribution >= 0.6 is 0 Å². The Labute approximate surface area is 109 Å². The molecule has 18 heavy (non-hydrogen) atoms. The lowest BCUT2D eigenvalue weighted by Gasteiger charge is -2.11. The molecule has 0 fully saturated rings. The zero-order valence-corrected chi connectivity index (χ0v) is 10.7. The van der Waals surface area contributed by atoms with Crippen LogP contribution in [-0.4, -0.2) is 0 Å². The summed E-state index contributed by atoms with van der Waals surface area (Å²) < 4.78 is 5.65. The summed E-state index contributed by atoms with van der Waals surface area (Å²) in [6.45, 7) is 9.24. The molecule has 2 heteroatoms. The smallest absolute Gasteiger partial charge is 0.169 e. The van der Waals surface area contributed by atoms with Crippen molar-refractivity contribution in [2.45, 2.75) is 19.4 Å². The SMILES string of the molecule is C=C=C(/C=C\C=C)Oc1cccc(C(N)CC)c1. The van der Waals surface area contributed by atoms with E-state index in [2.05, 4.69) is 25.8 Å². The Morgan fingerprint density at radius 1 is 1.56 bits per heavy atom. The Morgan fingerprint density at radius 3 is 2.94 bits per heavy atom. The maximum atomic E-state index is 5.99.